The molecule has 0 N–H and O–H groups in total. The summed E-state index contributed by atoms with van der Waals surface area (Å²) in [6.07, 6.45) is 4.85. The highest BCUT2D eigenvalue weighted by Gasteiger charge is 2.08. The molecule has 12 heavy (non-hydrogen) atoms. The van der Waals surface area contributed by atoms with Gasteiger partial charge in [-0.25, -0.2) is 8.42 Å². The summed E-state index contributed by atoms with van der Waals surface area (Å²) in [7, 11) is -3.49. The van der Waals surface area contributed by atoms with E-state index in [2.05, 4.69) is 0 Å². The molecule has 0 aliphatic heterocycles. The smallest absolute Gasteiger partial charge is 0.210 e. The molecular weight excluding hydrogens is 172 g/mol. The minimum absolute atomic E-state index is 0.185. The normalized spacial score (nSPS) is 10.7. The average molecular weight is 180 g/mol. The average Bonchev–Trinajstić information content (AvgIpc) is 2.05. The highest BCUT2D eigenvalue weighted by Crippen LogP contribution is 2.11. The molecule has 0 fully saturated rings. The van der Waals surface area contributed by atoms with E-state index in [1.807, 2.05) is 13.0 Å². The van der Waals surface area contributed by atoms with E-state index in [9.17, 15) is 8.42 Å². The van der Waals surface area contributed by atoms with Crippen LogP contribution in [0.3, 0.4) is 0 Å². The van der Waals surface area contributed by atoms with Gasteiger partial charge in [-0.05, 0) is 24.6 Å². The number of rotatable bonds is 1. The fourth-order valence-corrected chi connectivity index (χ4v) is 1.59. The van der Waals surface area contributed by atoms with Crippen LogP contribution in [0.15, 0.2) is 29.2 Å². The largest absolute Gasteiger partial charge is 0.244 e. The van der Waals surface area contributed by atoms with Gasteiger partial charge < -0.3 is 0 Å². The van der Waals surface area contributed by atoms with Crippen molar-refractivity contribution in [3.8, 4) is 11.7 Å². The number of hydrogen-bond acceptors (Lipinski definition) is 2. The van der Waals surface area contributed by atoms with Crippen LogP contribution in [0.4, 0.5) is 0 Å². The van der Waals surface area contributed by atoms with Crippen LogP contribution in [0.25, 0.3) is 0 Å². The summed E-state index contributed by atoms with van der Waals surface area (Å²) in [5.74, 6) is 0. The van der Waals surface area contributed by atoms with E-state index in [4.69, 9.17) is 6.42 Å². The van der Waals surface area contributed by atoms with Crippen molar-refractivity contribution in [2.75, 3.05) is 0 Å². The first-order valence-electron chi connectivity index (χ1n) is 3.35. The first kappa shape index (κ1) is 8.82. The van der Waals surface area contributed by atoms with Crippen LogP contribution in [-0.2, 0) is 9.84 Å². The molecule has 0 aliphatic rings. The molecule has 0 bridgehead atoms. The summed E-state index contributed by atoms with van der Waals surface area (Å²) in [6, 6.07) is 6.52. The number of hydrogen-bond donors (Lipinski definition) is 0. The Bertz CT molecular complexity index is 424. The zero-order valence-corrected chi connectivity index (χ0v) is 7.43. The van der Waals surface area contributed by atoms with E-state index < -0.39 is 9.84 Å². The minimum atomic E-state index is -3.49. The van der Waals surface area contributed by atoms with E-state index in [0.29, 0.717) is 0 Å². The van der Waals surface area contributed by atoms with Gasteiger partial charge in [0.15, 0.2) is 0 Å². The fourth-order valence-electron chi connectivity index (χ4n) is 0.851. The molecule has 2 nitrogen and oxygen atoms in total. The Labute approximate surface area is 72.2 Å². The number of sulfone groups is 1. The van der Waals surface area contributed by atoms with Crippen molar-refractivity contribution in [3.63, 3.8) is 0 Å². The molecular formula is C9H8O2S. The Balaban J connectivity index is 3.33. The summed E-state index contributed by atoms with van der Waals surface area (Å²) in [5, 5.41) is 1.76. The van der Waals surface area contributed by atoms with Crippen LogP contribution in [0.5, 0.6) is 0 Å². The van der Waals surface area contributed by atoms with E-state index in [0.717, 1.165) is 5.56 Å². The van der Waals surface area contributed by atoms with E-state index in [1.54, 1.807) is 17.4 Å². The van der Waals surface area contributed by atoms with Gasteiger partial charge in [-0.1, -0.05) is 12.1 Å². The number of terminal acetylenes is 1. The maximum atomic E-state index is 11.1. The van der Waals surface area contributed by atoms with Crippen LogP contribution >= 0.6 is 0 Å². The molecule has 0 aliphatic carbocycles. The Kier molecular flexibility index (Phi) is 2.20. The first-order valence-corrected chi connectivity index (χ1v) is 4.83. The molecule has 0 aromatic heterocycles. The molecule has 0 radical (unpaired) electrons. The van der Waals surface area contributed by atoms with Gasteiger partial charge in [0.2, 0.25) is 9.84 Å². The second kappa shape index (κ2) is 3.00. The molecule has 3 heteroatoms. The molecule has 0 amide bonds. The third kappa shape index (κ3) is 1.66. The van der Waals surface area contributed by atoms with Gasteiger partial charge in [-0.2, -0.15) is 0 Å². The predicted octanol–water partition coefficient (Wildman–Crippen LogP) is 1.36. The van der Waals surface area contributed by atoms with Gasteiger partial charge >= 0.3 is 0 Å². The van der Waals surface area contributed by atoms with Crippen molar-refractivity contribution in [1.82, 2.24) is 0 Å². The second-order valence-corrected chi connectivity index (χ2v) is 4.15. The van der Waals surface area contributed by atoms with Crippen molar-refractivity contribution in [2.45, 2.75) is 11.8 Å². The summed E-state index contributed by atoms with van der Waals surface area (Å²) in [6.45, 7) is 1.82. The molecule has 0 spiro atoms. The van der Waals surface area contributed by atoms with Crippen LogP contribution in [0.1, 0.15) is 5.56 Å². The Morgan fingerprint density at radius 1 is 1.42 bits per heavy atom. The number of benzene rings is 1. The van der Waals surface area contributed by atoms with Gasteiger partial charge in [-0.3, -0.25) is 0 Å². The quantitative estimate of drug-likeness (QED) is 0.483. The molecule has 0 saturated carbocycles. The van der Waals surface area contributed by atoms with Crippen molar-refractivity contribution in [1.29, 1.82) is 0 Å². The van der Waals surface area contributed by atoms with Crippen LogP contribution in [0, 0.1) is 18.6 Å². The number of aryl methyl sites for hydroxylation is 1. The molecule has 1 aromatic carbocycles. The summed E-state index contributed by atoms with van der Waals surface area (Å²) < 4.78 is 22.2. The van der Waals surface area contributed by atoms with Crippen molar-refractivity contribution in [3.05, 3.63) is 29.8 Å². The molecule has 1 aromatic rings. The van der Waals surface area contributed by atoms with E-state index in [1.165, 1.54) is 6.07 Å². The lowest BCUT2D eigenvalue weighted by molar-refractivity contribution is 0.606. The second-order valence-electron chi connectivity index (χ2n) is 2.44. The Hall–Kier alpha value is -1.27. The van der Waals surface area contributed by atoms with Gasteiger partial charge in [0.25, 0.3) is 0 Å². The Morgan fingerprint density at radius 2 is 2.08 bits per heavy atom. The molecule has 0 heterocycles. The maximum Gasteiger partial charge on any atom is 0.244 e. The van der Waals surface area contributed by atoms with Crippen molar-refractivity contribution >= 4 is 9.84 Å². The van der Waals surface area contributed by atoms with E-state index in [-0.39, 0.29) is 4.90 Å². The van der Waals surface area contributed by atoms with Crippen molar-refractivity contribution < 1.29 is 8.42 Å². The molecule has 0 atom stereocenters. The highest BCUT2D eigenvalue weighted by molar-refractivity contribution is 7.96. The van der Waals surface area contributed by atoms with Gasteiger partial charge in [0.1, 0.15) is 0 Å². The maximum absolute atomic E-state index is 11.1. The van der Waals surface area contributed by atoms with Crippen LogP contribution in [0.2, 0.25) is 0 Å². The lowest BCUT2D eigenvalue weighted by atomic mass is 10.2. The lowest BCUT2D eigenvalue weighted by Crippen LogP contribution is -1.95. The molecule has 0 unspecified atom stereocenters. The van der Waals surface area contributed by atoms with Crippen LogP contribution in [-0.4, -0.2) is 8.42 Å². The molecule has 1 rings (SSSR count). The SMILES string of the molecule is C#CS(=O)(=O)c1cccc(C)c1. The van der Waals surface area contributed by atoms with Crippen molar-refractivity contribution in [2.24, 2.45) is 0 Å². The summed E-state index contributed by atoms with van der Waals surface area (Å²) >= 11 is 0. The summed E-state index contributed by atoms with van der Waals surface area (Å²) in [4.78, 5) is 0.185. The minimum Gasteiger partial charge on any atom is -0.210 e. The standard InChI is InChI=1S/C9H8O2S/c1-3-12(10,11)9-6-4-5-8(2)7-9/h1,4-7H,2H3. The lowest BCUT2D eigenvalue weighted by Gasteiger charge is -1.96. The molecule has 0 saturated heterocycles. The highest BCUT2D eigenvalue weighted by atomic mass is 32.2. The summed E-state index contributed by atoms with van der Waals surface area (Å²) in [5.41, 5.74) is 0.881. The molecule has 62 valence electrons. The topological polar surface area (TPSA) is 34.1 Å². The van der Waals surface area contributed by atoms with Gasteiger partial charge in [0.05, 0.1) is 4.90 Å². The van der Waals surface area contributed by atoms with Gasteiger partial charge in [-0.15, -0.1) is 6.42 Å². The van der Waals surface area contributed by atoms with Gasteiger partial charge in [0, 0.05) is 5.25 Å². The third-order valence-electron chi connectivity index (χ3n) is 1.45. The third-order valence-corrected chi connectivity index (χ3v) is 2.64. The first-order chi connectivity index (χ1) is 5.56. The fraction of sp³-hybridized carbons (Fsp3) is 0.111. The zero-order chi connectivity index (χ0) is 9.19. The van der Waals surface area contributed by atoms with E-state index >= 15 is 0 Å². The zero-order valence-electron chi connectivity index (χ0n) is 6.61. The predicted molar refractivity (Wildman–Crippen MR) is 47.2 cm³/mol. The Morgan fingerprint density at radius 3 is 2.58 bits per heavy atom. The monoisotopic (exact) mass is 180 g/mol. The van der Waals surface area contributed by atoms with Crippen LogP contribution < -0.4 is 0 Å².